The lowest BCUT2D eigenvalue weighted by Gasteiger charge is -2.35. The van der Waals surface area contributed by atoms with E-state index < -0.39 is 5.97 Å². The average molecular weight is 609 g/mol. The minimum atomic E-state index is -0.799. The Labute approximate surface area is 265 Å². The first-order valence-corrected chi connectivity index (χ1v) is 16.3. The number of hydrogen-bond donors (Lipinski definition) is 1. The lowest BCUT2D eigenvalue weighted by Crippen LogP contribution is -2.49. The van der Waals surface area contributed by atoms with E-state index in [9.17, 15) is 14.7 Å². The van der Waals surface area contributed by atoms with Crippen LogP contribution in [-0.2, 0) is 27.3 Å². The van der Waals surface area contributed by atoms with E-state index in [1.54, 1.807) is 0 Å². The molecule has 0 unspecified atom stereocenters. The molecule has 0 atom stereocenters. The largest absolute Gasteiger partial charge is 0.481 e. The van der Waals surface area contributed by atoms with Crippen LogP contribution < -0.4 is 0 Å². The van der Waals surface area contributed by atoms with Crippen LogP contribution in [0.15, 0.2) is 54.1 Å². The summed E-state index contributed by atoms with van der Waals surface area (Å²) in [5, 5.41) is 11.5. The molecule has 1 N–H and O–H groups in total. The average Bonchev–Trinajstić information content (AvgIpc) is 3.35. The maximum Gasteiger partial charge on any atom is 0.303 e. The van der Waals surface area contributed by atoms with E-state index in [1.807, 2.05) is 24.0 Å². The number of nitrogens with zero attached hydrogens (tertiary/aromatic N) is 4. The molecule has 236 valence electrons. The summed E-state index contributed by atoms with van der Waals surface area (Å²) in [6, 6.07) is 16.9. The van der Waals surface area contributed by atoms with Crippen molar-refractivity contribution in [2.75, 3.05) is 45.9 Å². The van der Waals surface area contributed by atoms with Gasteiger partial charge in [0, 0.05) is 61.2 Å². The number of carboxylic acids is 1. The summed E-state index contributed by atoms with van der Waals surface area (Å²) < 4.78 is 7.91. The molecule has 6 rings (SSSR count). The maximum atomic E-state index is 14.0. The highest BCUT2D eigenvalue weighted by molar-refractivity contribution is 6.20. The summed E-state index contributed by atoms with van der Waals surface area (Å²) in [7, 11) is 0. The number of para-hydroxylation sites is 1. The zero-order chi connectivity index (χ0) is 31.5. The zero-order valence-corrected chi connectivity index (χ0v) is 26.8. The maximum absolute atomic E-state index is 14.0. The highest BCUT2D eigenvalue weighted by Gasteiger charge is 2.27. The molecule has 0 saturated carbocycles. The molecule has 2 aliphatic heterocycles. The topological polar surface area (TPSA) is 87.9 Å². The second-order valence-corrected chi connectivity index (χ2v) is 12.4. The van der Waals surface area contributed by atoms with E-state index in [0.29, 0.717) is 26.2 Å². The monoisotopic (exact) mass is 608 g/mol. The van der Waals surface area contributed by atoms with Gasteiger partial charge in [0.1, 0.15) is 5.65 Å². The van der Waals surface area contributed by atoms with Crippen molar-refractivity contribution in [1.29, 1.82) is 0 Å². The molecule has 0 bridgehead atoms. The summed E-state index contributed by atoms with van der Waals surface area (Å²) in [4.78, 5) is 34.9. The number of hydrogen-bond acceptors (Lipinski definition) is 5. The Bertz CT molecular complexity index is 1740. The number of rotatable bonds is 9. The Morgan fingerprint density at radius 2 is 1.67 bits per heavy atom. The molecule has 4 aromatic rings. The Kier molecular flexibility index (Phi) is 9.33. The first kappa shape index (κ1) is 31.0. The number of aryl methyl sites for hydroxylation is 2. The van der Waals surface area contributed by atoms with Gasteiger partial charge in [-0.05, 0) is 74.4 Å². The smallest absolute Gasteiger partial charge is 0.303 e. The molecular formula is C37H44N4O4. The van der Waals surface area contributed by atoms with E-state index in [-0.39, 0.29) is 12.3 Å². The highest BCUT2D eigenvalue weighted by atomic mass is 16.5. The van der Waals surface area contributed by atoms with Crippen molar-refractivity contribution in [3.05, 3.63) is 82.1 Å². The van der Waals surface area contributed by atoms with E-state index in [2.05, 4.69) is 59.7 Å². The van der Waals surface area contributed by atoms with Crippen LogP contribution in [0.1, 0.15) is 60.6 Å². The van der Waals surface area contributed by atoms with E-state index >= 15 is 0 Å². The molecule has 2 aliphatic rings. The molecule has 2 fully saturated rings. The molecule has 2 aromatic carbocycles. The number of carboxylic acid groups (broad SMARTS) is 1. The van der Waals surface area contributed by atoms with Crippen molar-refractivity contribution in [2.45, 2.75) is 59.4 Å². The fourth-order valence-electron chi connectivity index (χ4n) is 7.14. The minimum absolute atomic E-state index is 0.0859. The number of benzene rings is 2. The highest BCUT2D eigenvalue weighted by Crippen LogP contribution is 2.34. The van der Waals surface area contributed by atoms with Crippen molar-refractivity contribution < 1.29 is 19.4 Å². The molecule has 0 spiro atoms. The Morgan fingerprint density at radius 1 is 0.956 bits per heavy atom. The lowest BCUT2D eigenvalue weighted by atomic mass is 9.93. The third-order valence-electron chi connectivity index (χ3n) is 9.52. The van der Waals surface area contributed by atoms with Crippen LogP contribution in [0.2, 0.25) is 0 Å². The summed E-state index contributed by atoms with van der Waals surface area (Å²) in [5.74, 6) is -0.654. The summed E-state index contributed by atoms with van der Waals surface area (Å²) in [5.41, 5.74) is 9.17. The fraction of sp³-hybridized carbons (Fsp3) is 0.432. The van der Waals surface area contributed by atoms with Crippen LogP contribution in [0.4, 0.5) is 0 Å². The van der Waals surface area contributed by atoms with Crippen LogP contribution in [0.25, 0.3) is 27.5 Å². The van der Waals surface area contributed by atoms with Gasteiger partial charge in [-0.2, -0.15) is 0 Å². The molecule has 4 heterocycles. The van der Waals surface area contributed by atoms with Gasteiger partial charge in [-0.3, -0.25) is 14.5 Å². The Hall–Kier alpha value is -4.01. The SMILES string of the molecule is CCCN1CCN(C(=O)C(=C2CCOCC2)c2ccc(Cn3c4ccccc4c4c(C)c(CCC(=O)O)c(C)nc43)cc2)CC1. The number of carbonyl (C=O) groups is 2. The van der Waals surface area contributed by atoms with Gasteiger partial charge in [-0.15, -0.1) is 0 Å². The molecule has 2 aromatic heterocycles. The van der Waals surface area contributed by atoms with Gasteiger partial charge in [-0.1, -0.05) is 55.0 Å². The standard InChI is InChI=1S/C37H44N4O4/c1-4-17-39-18-20-40(21-19-39)37(44)35(29-15-22-45-23-16-29)28-11-9-27(10-12-28)24-41-32-8-6-5-7-31(32)34-25(2)30(13-14-33(42)43)26(3)38-36(34)41/h5-12H,4,13-24H2,1-3H3,(H,42,43). The number of pyridine rings is 1. The molecule has 45 heavy (non-hydrogen) atoms. The Morgan fingerprint density at radius 3 is 2.36 bits per heavy atom. The predicted molar refractivity (Wildman–Crippen MR) is 178 cm³/mol. The summed E-state index contributed by atoms with van der Waals surface area (Å²) >= 11 is 0. The van der Waals surface area contributed by atoms with E-state index in [4.69, 9.17) is 9.72 Å². The van der Waals surface area contributed by atoms with Gasteiger partial charge >= 0.3 is 5.97 Å². The van der Waals surface area contributed by atoms with E-state index in [1.165, 1.54) is 5.57 Å². The van der Waals surface area contributed by atoms with Crippen LogP contribution in [0, 0.1) is 13.8 Å². The van der Waals surface area contributed by atoms with Crippen molar-refractivity contribution in [1.82, 2.24) is 19.4 Å². The van der Waals surface area contributed by atoms with Gasteiger partial charge in [0.25, 0.3) is 5.91 Å². The van der Waals surface area contributed by atoms with Gasteiger partial charge < -0.3 is 19.3 Å². The predicted octanol–water partition coefficient (Wildman–Crippen LogP) is 5.99. The quantitative estimate of drug-likeness (QED) is 0.235. The van der Waals surface area contributed by atoms with Gasteiger partial charge in [-0.25, -0.2) is 4.98 Å². The second-order valence-electron chi connectivity index (χ2n) is 12.4. The van der Waals surface area contributed by atoms with Crippen LogP contribution in [-0.4, -0.2) is 82.3 Å². The minimum Gasteiger partial charge on any atom is -0.481 e. The number of aliphatic carboxylic acids is 1. The molecule has 8 nitrogen and oxygen atoms in total. The van der Waals surface area contributed by atoms with Crippen molar-refractivity contribution in [3.8, 4) is 0 Å². The fourth-order valence-corrected chi connectivity index (χ4v) is 7.14. The first-order chi connectivity index (χ1) is 21.9. The number of piperazine rings is 1. The van der Waals surface area contributed by atoms with Crippen LogP contribution in [0.5, 0.6) is 0 Å². The summed E-state index contributed by atoms with van der Waals surface area (Å²) in [6.07, 6.45) is 3.27. The Balaban J connectivity index is 1.32. The van der Waals surface area contributed by atoms with Crippen molar-refractivity contribution in [2.24, 2.45) is 0 Å². The zero-order valence-electron chi connectivity index (χ0n) is 26.8. The van der Waals surface area contributed by atoms with Gasteiger partial charge in [0.2, 0.25) is 0 Å². The molecule has 1 amide bonds. The van der Waals surface area contributed by atoms with Crippen molar-refractivity contribution in [3.63, 3.8) is 0 Å². The normalized spacial score (nSPS) is 16.1. The number of ether oxygens (including phenoxy) is 1. The first-order valence-electron chi connectivity index (χ1n) is 16.3. The van der Waals surface area contributed by atoms with Crippen molar-refractivity contribution >= 4 is 39.4 Å². The van der Waals surface area contributed by atoms with Gasteiger partial charge in [0.05, 0.1) is 18.7 Å². The number of amides is 1. The second kappa shape index (κ2) is 13.5. The molecule has 8 heteroatoms. The van der Waals surface area contributed by atoms with E-state index in [0.717, 1.165) is 107 Å². The molecule has 2 saturated heterocycles. The third kappa shape index (κ3) is 6.40. The van der Waals surface area contributed by atoms with Crippen LogP contribution in [0.3, 0.4) is 0 Å². The number of aromatic nitrogens is 2. The molecular weight excluding hydrogens is 564 g/mol. The molecule has 0 aliphatic carbocycles. The third-order valence-corrected chi connectivity index (χ3v) is 9.52. The molecule has 0 radical (unpaired) electrons. The lowest BCUT2D eigenvalue weighted by molar-refractivity contribution is -0.137. The number of fused-ring (bicyclic) bond motifs is 3. The summed E-state index contributed by atoms with van der Waals surface area (Å²) in [6.45, 7) is 12.7. The number of carbonyl (C=O) groups excluding carboxylic acids is 1. The van der Waals surface area contributed by atoms with Crippen LogP contribution >= 0.6 is 0 Å². The van der Waals surface area contributed by atoms with Gasteiger partial charge in [0.15, 0.2) is 0 Å².